The first-order valence-electron chi connectivity index (χ1n) is 5.14. The first kappa shape index (κ1) is 11.6. The van der Waals surface area contributed by atoms with Crippen molar-refractivity contribution < 1.29 is 9.53 Å². The van der Waals surface area contributed by atoms with Gasteiger partial charge in [-0.3, -0.25) is 4.79 Å². The van der Waals surface area contributed by atoms with E-state index in [2.05, 4.69) is 22.0 Å². The van der Waals surface area contributed by atoms with Crippen LogP contribution in [0.5, 0.6) is 0 Å². The molecule has 1 aromatic rings. The summed E-state index contributed by atoms with van der Waals surface area (Å²) in [7, 11) is 3.51. The number of benzene rings is 1. The Morgan fingerprint density at radius 2 is 2.12 bits per heavy atom. The first-order chi connectivity index (χ1) is 7.50. The van der Waals surface area contributed by atoms with E-state index in [0.717, 1.165) is 22.2 Å². The number of carbonyl (C=O) groups excluding carboxylic acids is 1. The molecule has 1 saturated heterocycles. The molecule has 0 radical (unpaired) electrons. The number of amides is 1. The summed E-state index contributed by atoms with van der Waals surface area (Å²) < 4.78 is 6.13. The van der Waals surface area contributed by atoms with E-state index in [1.54, 1.807) is 19.0 Å². The van der Waals surface area contributed by atoms with Gasteiger partial charge in [0, 0.05) is 18.6 Å². The van der Waals surface area contributed by atoms with Gasteiger partial charge < -0.3 is 9.64 Å². The summed E-state index contributed by atoms with van der Waals surface area (Å²) in [5.41, 5.74) is 2.86. The van der Waals surface area contributed by atoms with Gasteiger partial charge in [-0.1, -0.05) is 6.07 Å². The van der Waals surface area contributed by atoms with Gasteiger partial charge in [0.1, 0.15) is 6.10 Å². The maximum atomic E-state index is 12.0. The molecule has 1 aliphatic heterocycles. The molecule has 1 aliphatic rings. The van der Waals surface area contributed by atoms with E-state index in [-0.39, 0.29) is 12.0 Å². The highest BCUT2D eigenvalue weighted by Crippen LogP contribution is 2.37. The lowest BCUT2D eigenvalue weighted by Gasteiger charge is -2.14. The largest absolute Gasteiger partial charge is 0.368 e. The van der Waals surface area contributed by atoms with Gasteiger partial charge in [0.25, 0.3) is 5.91 Å². The Kier molecular flexibility index (Phi) is 3.04. The van der Waals surface area contributed by atoms with E-state index in [1.807, 2.05) is 13.0 Å². The molecule has 0 saturated carbocycles. The third kappa shape index (κ3) is 2.13. The van der Waals surface area contributed by atoms with Gasteiger partial charge in [-0.25, -0.2) is 0 Å². The number of aryl methyl sites for hydroxylation is 1. The third-order valence-electron chi connectivity index (χ3n) is 2.56. The Bertz CT molecular complexity index is 439. The second kappa shape index (κ2) is 4.18. The van der Waals surface area contributed by atoms with Crippen LogP contribution in [0.3, 0.4) is 0 Å². The number of hydrogen-bond donors (Lipinski definition) is 0. The van der Waals surface area contributed by atoms with Gasteiger partial charge in [-0.2, -0.15) is 0 Å². The van der Waals surface area contributed by atoms with E-state index >= 15 is 0 Å². The zero-order valence-electron chi connectivity index (χ0n) is 9.58. The molecule has 86 valence electrons. The minimum absolute atomic E-state index is 0.0116. The third-order valence-corrected chi connectivity index (χ3v) is 3.45. The van der Waals surface area contributed by atoms with Gasteiger partial charge in [-0.05, 0) is 40.0 Å². The number of halogens is 1. The highest BCUT2D eigenvalue weighted by Gasteiger charge is 2.29. The average Bonchev–Trinajstić information content (AvgIpc) is 3.03. The van der Waals surface area contributed by atoms with E-state index in [9.17, 15) is 4.79 Å². The molecule has 1 fully saturated rings. The summed E-state index contributed by atoms with van der Waals surface area (Å²) in [5, 5.41) is 0. The van der Waals surface area contributed by atoms with Crippen LogP contribution < -0.4 is 0 Å². The van der Waals surface area contributed by atoms with E-state index in [0.29, 0.717) is 5.56 Å². The lowest BCUT2D eigenvalue weighted by Crippen LogP contribution is -2.22. The van der Waals surface area contributed by atoms with Crippen LogP contribution in [0, 0.1) is 6.92 Å². The fraction of sp³-hybridized carbons (Fsp3) is 0.417. The number of carbonyl (C=O) groups is 1. The maximum absolute atomic E-state index is 12.0. The van der Waals surface area contributed by atoms with Crippen LogP contribution in [0.4, 0.5) is 0 Å². The van der Waals surface area contributed by atoms with Gasteiger partial charge in [0.2, 0.25) is 0 Å². The van der Waals surface area contributed by atoms with Crippen LogP contribution in [-0.2, 0) is 4.74 Å². The normalized spacial score (nSPS) is 18.4. The molecule has 2 rings (SSSR count). The van der Waals surface area contributed by atoms with Gasteiger partial charge in [0.05, 0.1) is 12.2 Å². The van der Waals surface area contributed by atoms with Crippen molar-refractivity contribution >= 4 is 21.8 Å². The molecule has 0 N–H and O–H groups in total. The Balaban J connectivity index is 2.48. The summed E-state index contributed by atoms with van der Waals surface area (Å²) in [6.45, 7) is 2.74. The lowest BCUT2D eigenvalue weighted by molar-refractivity contribution is 0.0826. The Labute approximate surface area is 104 Å². The zero-order chi connectivity index (χ0) is 11.9. The fourth-order valence-electron chi connectivity index (χ4n) is 1.66. The lowest BCUT2D eigenvalue weighted by atomic mass is 10.0. The Morgan fingerprint density at radius 3 is 2.62 bits per heavy atom. The molecule has 1 amide bonds. The Hall–Kier alpha value is -0.870. The topological polar surface area (TPSA) is 32.8 Å². The predicted octanol–water partition coefficient (Wildman–Crippen LogP) is 2.53. The second-order valence-corrected chi connectivity index (χ2v) is 5.03. The number of epoxide rings is 1. The van der Waals surface area contributed by atoms with Gasteiger partial charge >= 0.3 is 0 Å². The molecule has 4 heteroatoms. The summed E-state index contributed by atoms with van der Waals surface area (Å²) in [6.07, 6.45) is 0.156. The smallest absolute Gasteiger partial charge is 0.254 e. The van der Waals surface area contributed by atoms with Crippen molar-refractivity contribution in [1.29, 1.82) is 0 Å². The van der Waals surface area contributed by atoms with Crippen LogP contribution in [0.1, 0.15) is 27.6 Å². The number of rotatable bonds is 2. The zero-order valence-corrected chi connectivity index (χ0v) is 11.2. The molecule has 0 bridgehead atoms. The van der Waals surface area contributed by atoms with Crippen molar-refractivity contribution in [1.82, 2.24) is 4.90 Å². The van der Waals surface area contributed by atoms with Crippen LogP contribution in [0.2, 0.25) is 0 Å². The van der Waals surface area contributed by atoms with E-state index in [1.165, 1.54) is 0 Å². The molecule has 1 heterocycles. The monoisotopic (exact) mass is 283 g/mol. The molecule has 1 unspecified atom stereocenters. The van der Waals surface area contributed by atoms with Crippen LogP contribution in [0.15, 0.2) is 16.6 Å². The molecule has 1 aromatic carbocycles. The highest BCUT2D eigenvalue weighted by atomic mass is 79.9. The van der Waals surface area contributed by atoms with E-state index in [4.69, 9.17) is 4.74 Å². The van der Waals surface area contributed by atoms with Crippen molar-refractivity contribution in [2.24, 2.45) is 0 Å². The molecule has 16 heavy (non-hydrogen) atoms. The van der Waals surface area contributed by atoms with Crippen molar-refractivity contribution in [3.05, 3.63) is 33.3 Å². The molecule has 0 aliphatic carbocycles. The summed E-state index contributed by atoms with van der Waals surface area (Å²) in [5.74, 6) is 0.0116. The standard InChI is InChI=1S/C12H14BrNO2/c1-7-4-8(10-6-16-10)11(13)9(5-7)12(15)14(2)3/h4-5,10H,6H2,1-3H3. The highest BCUT2D eigenvalue weighted by molar-refractivity contribution is 9.10. The molecule has 0 spiro atoms. The Morgan fingerprint density at radius 1 is 1.50 bits per heavy atom. The minimum Gasteiger partial charge on any atom is -0.368 e. The maximum Gasteiger partial charge on any atom is 0.254 e. The fourth-order valence-corrected chi connectivity index (χ4v) is 2.31. The van der Waals surface area contributed by atoms with Gasteiger partial charge in [-0.15, -0.1) is 0 Å². The molecule has 0 aromatic heterocycles. The minimum atomic E-state index is 0.0116. The van der Waals surface area contributed by atoms with Crippen LogP contribution in [-0.4, -0.2) is 31.5 Å². The summed E-state index contributed by atoms with van der Waals surface area (Å²) >= 11 is 3.50. The van der Waals surface area contributed by atoms with Crippen LogP contribution >= 0.6 is 15.9 Å². The number of ether oxygens (including phenoxy) is 1. The molecule has 3 nitrogen and oxygen atoms in total. The summed E-state index contributed by atoms with van der Waals surface area (Å²) in [4.78, 5) is 13.5. The molecular weight excluding hydrogens is 270 g/mol. The summed E-state index contributed by atoms with van der Waals surface area (Å²) in [6, 6.07) is 3.96. The molecular formula is C12H14BrNO2. The van der Waals surface area contributed by atoms with Crippen molar-refractivity contribution in [2.75, 3.05) is 20.7 Å². The average molecular weight is 284 g/mol. The quantitative estimate of drug-likeness (QED) is 0.782. The predicted molar refractivity (Wildman–Crippen MR) is 65.6 cm³/mol. The SMILES string of the molecule is Cc1cc(C(=O)N(C)C)c(Br)c(C2CO2)c1. The van der Waals surface area contributed by atoms with E-state index < -0.39 is 0 Å². The van der Waals surface area contributed by atoms with Gasteiger partial charge in [0.15, 0.2) is 0 Å². The number of nitrogens with zero attached hydrogens (tertiary/aromatic N) is 1. The van der Waals surface area contributed by atoms with Crippen molar-refractivity contribution in [3.63, 3.8) is 0 Å². The van der Waals surface area contributed by atoms with Crippen molar-refractivity contribution in [3.8, 4) is 0 Å². The van der Waals surface area contributed by atoms with Crippen LogP contribution in [0.25, 0.3) is 0 Å². The molecule has 1 atom stereocenters. The second-order valence-electron chi connectivity index (χ2n) is 4.24. The van der Waals surface area contributed by atoms with Crippen molar-refractivity contribution in [2.45, 2.75) is 13.0 Å². The number of hydrogen-bond acceptors (Lipinski definition) is 2. The first-order valence-corrected chi connectivity index (χ1v) is 5.93.